The number of ether oxygens (including phenoxy) is 1. The summed E-state index contributed by atoms with van der Waals surface area (Å²) in [4.78, 5) is 48.4. The highest BCUT2D eigenvalue weighted by Crippen LogP contribution is 2.28. The van der Waals surface area contributed by atoms with E-state index in [1.165, 1.54) is 7.11 Å². The summed E-state index contributed by atoms with van der Waals surface area (Å²) in [6.07, 6.45) is 7.25. The molecule has 0 spiro atoms. The molecule has 0 fully saturated rings. The number of nitrogens with zero attached hydrogens (tertiary/aromatic N) is 6. The van der Waals surface area contributed by atoms with E-state index in [4.69, 9.17) is 4.74 Å². The molecule has 0 saturated carbocycles. The summed E-state index contributed by atoms with van der Waals surface area (Å²) in [5.41, 5.74) is 8.08. The van der Waals surface area contributed by atoms with Crippen molar-refractivity contribution in [1.29, 1.82) is 0 Å². The van der Waals surface area contributed by atoms with Gasteiger partial charge in [0.15, 0.2) is 0 Å². The zero-order valence-corrected chi connectivity index (χ0v) is 29.1. The van der Waals surface area contributed by atoms with Crippen molar-refractivity contribution >= 4 is 11.9 Å². The molecular formula is C42H41N7O3. The van der Waals surface area contributed by atoms with E-state index in [1.54, 1.807) is 6.07 Å². The molecule has 1 N–H and O–H groups in total. The molecule has 0 radical (unpaired) electrons. The monoisotopic (exact) mass is 691 g/mol. The van der Waals surface area contributed by atoms with Crippen LogP contribution in [0.2, 0.25) is 0 Å². The smallest absolute Gasteiger partial charge is 0.325 e. The Labute approximate surface area is 304 Å². The van der Waals surface area contributed by atoms with Crippen molar-refractivity contribution in [1.82, 2.24) is 35.1 Å². The average molecular weight is 692 g/mol. The summed E-state index contributed by atoms with van der Waals surface area (Å²) >= 11 is 0. The largest absolute Gasteiger partial charge is 0.468 e. The lowest BCUT2D eigenvalue weighted by atomic mass is 9.95. The highest BCUT2D eigenvalue weighted by Gasteiger charge is 2.18. The van der Waals surface area contributed by atoms with Gasteiger partial charge >= 0.3 is 5.97 Å². The number of methoxy groups -OCH3 is 1. The van der Waals surface area contributed by atoms with E-state index >= 15 is 0 Å². The number of aromatic nitrogens is 4. The van der Waals surface area contributed by atoms with Crippen molar-refractivity contribution in [2.75, 3.05) is 13.7 Å². The first-order chi connectivity index (χ1) is 25.5. The van der Waals surface area contributed by atoms with Gasteiger partial charge in [-0.25, -0.2) is 0 Å². The number of benzene rings is 2. The number of carbonyl (C=O) groups is 2. The third-order valence-corrected chi connectivity index (χ3v) is 8.42. The molecule has 0 aliphatic heterocycles. The molecule has 4 aromatic heterocycles. The van der Waals surface area contributed by atoms with Gasteiger partial charge in [0.25, 0.3) is 5.91 Å². The quantitative estimate of drug-likeness (QED) is 0.118. The van der Waals surface area contributed by atoms with Gasteiger partial charge in [-0.15, -0.1) is 0 Å². The molecule has 10 nitrogen and oxygen atoms in total. The molecule has 2 aromatic carbocycles. The molecule has 10 heteroatoms. The van der Waals surface area contributed by atoms with Crippen LogP contribution in [0.5, 0.6) is 0 Å². The van der Waals surface area contributed by atoms with Gasteiger partial charge in [0.1, 0.15) is 6.54 Å². The fourth-order valence-corrected chi connectivity index (χ4v) is 6.09. The molecule has 52 heavy (non-hydrogen) atoms. The van der Waals surface area contributed by atoms with Crippen molar-refractivity contribution in [2.45, 2.75) is 39.3 Å². The topological polar surface area (TPSA) is 113 Å². The Morgan fingerprint density at radius 3 is 1.38 bits per heavy atom. The Bertz CT molecular complexity index is 1840. The molecule has 0 bridgehead atoms. The van der Waals surface area contributed by atoms with Crippen LogP contribution < -0.4 is 5.32 Å². The Morgan fingerprint density at radius 1 is 0.558 bits per heavy atom. The van der Waals surface area contributed by atoms with Gasteiger partial charge in [-0.1, -0.05) is 48.5 Å². The number of hydrogen-bond acceptors (Lipinski definition) is 9. The Hall–Kier alpha value is -6.10. The average Bonchev–Trinajstić information content (AvgIpc) is 3.18. The first kappa shape index (κ1) is 35.7. The SMILES string of the molecule is COC(=O)CNC(=O)c1ccccc1-c1cc(CN(Cc2ccccn2)Cc2ccccn2)cc(CN(Cc2ccccn2)Cc2ccccn2)c1. The second-order valence-electron chi connectivity index (χ2n) is 12.4. The Morgan fingerprint density at radius 2 is 0.981 bits per heavy atom. The van der Waals surface area contributed by atoms with Crippen molar-refractivity contribution < 1.29 is 14.3 Å². The summed E-state index contributed by atoms with van der Waals surface area (Å²) in [7, 11) is 1.30. The summed E-state index contributed by atoms with van der Waals surface area (Å²) in [5, 5.41) is 2.70. The van der Waals surface area contributed by atoms with Crippen LogP contribution >= 0.6 is 0 Å². The van der Waals surface area contributed by atoms with E-state index in [2.05, 4.69) is 53.3 Å². The van der Waals surface area contributed by atoms with E-state index in [1.807, 2.05) is 116 Å². The van der Waals surface area contributed by atoms with E-state index in [0.29, 0.717) is 44.8 Å². The number of amides is 1. The Kier molecular flexibility index (Phi) is 12.5. The highest BCUT2D eigenvalue weighted by molar-refractivity contribution is 6.02. The van der Waals surface area contributed by atoms with Crippen LogP contribution in [0.3, 0.4) is 0 Å². The minimum absolute atomic E-state index is 0.221. The molecule has 0 saturated heterocycles. The fraction of sp³-hybridized carbons (Fsp3) is 0.190. The third-order valence-electron chi connectivity index (χ3n) is 8.42. The van der Waals surface area contributed by atoms with Gasteiger partial charge < -0.3 is 10.1 Å². The van der Waals surface area contributed by atoms with Gasteiger partial charge in [0, 0.05) is 69.6 Å². The first-order valence-electron chi connectivity index (χ1n) is 17.1. The maximum absolute atomic E-state index is 13.4. The summed E-state index contributed by atoms with van der Waals surface area (Å²) in [5.74, 6) is -0.872. The van der Waals surface area contributed by atoms with Crippen LogP contribution in [0, 0.1) is 0 Å². The minimum Gasteiger partial charge on any atom is -0.468 e. The van der Waals surface area contributed by atoms with Crippen molar-refractivity contribution in [2.24, 2.45) is 0 Å². The summed E-state index contributed by atoms with van der Waals surface area (Å²) in [6, 6.07) is 37.8. The minimum atomic E-state index is -0.517. The van der Waals surface area contributed by atoms with Gasteiger partial charge in [-0.3, -0.25) is 39.3 Å². The van der Waals surface area contributed by atoms with E-state index in [9.17, 15) is 9.59 Å². The molecule has 0 aliphatic rings. The molecular weight excluding hydrogens is 651 g/mol. The molecule has 1 amide bonds. The molecule has 262 valence electrons. The molecule has 4 heterocycles. The molecule has 0 aliphatic carbocycles. The molecule has 0 unspecified atom stereocenters. The maximum atomic E-state index is 13.4. The van der Waals surface area contributed by atoms with E-state index in [0.717, 1.165) is 45.0 Å². The van der Waals surface area contributed by atoms with Crippen LogP contribution in [0.15, 0.2) is 140 Å². The number of rotatable bonds is 16. The number of esters is 1. The molecule has 6 rings (SSSR count). The fourth-order valence-electron chi connectivity index (χ4n) is 6.09. The van der Waals surface area contributed by atoms with Crippen LogP contribution in [0.1, 0.15) is 44.3 Å². The lowest BCUT2D eigenvalue weighted by Crippen LogP contribution is -2.30. The second-order valence-corrected chi connectivity index (χ2v) is 12.4. The summed E-state index contributed by atoms with van der Waals surface area (Å²) in [6.45, 7) is 3.46. The predicted octanol–water partition coefficient (Wildman–Crippen LogP) is 6.24. The zero-order valence-electron chi connectivity index (χ0n) is 29.1. The van der Waals surface area contributed by atoms with Gasteiger partial charge in [-0.2, -0.15) is 0 Å². The van der Waals surface area contributed by atoms with Crippen LogP contribution in [-0.4, -0.2) is 55.3 Å². The predicted molar refractivity (Wildman–Crippen MR) is 199 cm³/mol. The van der Waals surface area contributed by atoms with Crippen LogP contribution in [-0.2, 0) is 48.8 Å². The van der Waals surface area contributed by atoms with Gasteiger partial charge in [-0.05, 0) is 89.0 Å². The summed E-state index contributed by atoms with van der Waals surface area (Å²) < 4.78 is 4.75. The van der Waals surface area contributed by atoms with Crippen molar-refractivity contribution in [3.05, 3.63) is 180 Å². The normalized spacial score (nSPS) is 11.1. The molecule has 0 atom stereocenters. The van der Waals surface area contributed by atoms with E-state index < -0.39 is 5.97 Å². The molecule has 6 aromatic rings. The van der Waals surface area contributed by atoms with Crippen LogP contribution in [0.4, 0.5) is 0 Å². The highest BCUT2D eigenvalue weighted by atomic mass is 16.5. The lowest BCUT2D eigenvalue weighted by molar-refractivity contribution is -0.139. The zero-order chi connectivity index (χ0) is 36.0. The lowest BCUT2D eigenvalue weighted by Gasteiger charge is -2.25. The van der Waals surface area contributed by atoms with Gasteiger partial charge in [0.2, 0.25) is 0 Å². The first-order valence-corrected chi connectivity index (χ1v) is 17.1. The Balaban J connectivity index is 1.39. The second kappa shape index (κ2) is 18.2. The maximum Gasteiger partial charge on any atom is 0.325 e. The van der Waals surface area contributed by atoms with E-state index in [-0.39, 0.29) is 12.5 Å². The number of pyridine rings is 4. The van der Waals surface area contributed by atoms with Gasteiger partial charge in [0.05, 0.1) is 29.9 Å². The van der Waals surface area contributed by atoms with Crippen molar-refractivity contribution in [3.8, 4) is 11.1 Å². The number of carbonyl (C=O) groups excluding carboxylic acids is 2. The van der Waals surface area contributed by atoms with Crippen molar-refractivity contribution in [3.63, 3.8) is 0 Å². The number of nitrogens with one attached hydrogen (secondary N) is 1. The number of hydrogen-bond donors (Lipinski definition) is 1. The third kappa shape index (κ3) is 10.5. The standard InChI is InChI=1S/C42H41N7O3/c1-52-41(50)25-47-42(51)40-17-3-2-16-39(40)34-23-32(26-48(28-35-12-4-8-18-43-35)29-36-13-5-9-19-44-36)22-33(24-34)27-49(30-37-14-6-10-20-45-37)31-38-15-7-11-21-46-38/h2-24H,25-31H2,1H3,(H,47,51). The van der Waals surface area contributed by atoms with Crippen LogP contribution in [0.25, 0.3) is 11.1 Å².